The summed E-state index contributed by atoms with van der Waals surface area (Å²) in [5.74, 6) is 0.502. The molecule has 6 heterocycles. The number of hydrogen-bond donors (Lipinski definition) is 1. The molecule has 0 fully saturated rings. The number of hydrogen-bond acceptors (Lipinski definition) is 8. The molecule has 0 unspecified atom stereocenters. The third-order valence-corrected chi connectivity index (χ3v) is 7.15. The van der Waals surface area contributed by atoms with Gasteiger partial charge in [-0.15, -0.1) is 0 Å². The number of carbonyl (C=O) groups is 1. The number of fused-ring (bicyclic) bond motifs is 6. The van der Waals surface area contributed by atoms with Gasteiger partial charge in [0.2, 0.25) is 6.79 Å². The Kier molecular flexibility index (Phi) is 3.97. The van der Waals surface area contributed by atoms with Crippen molar-refractivity contribution in [2.75, 3.05) is 6.79 Å². The lowest BCUT2D eigenvalue weighted by atomic mass is 9.86. The number of pyridine rings is 3. The average molecular weight is 469 g/mol. The Morgan fingerprint density at radius 2 is 1.83 bits per heavy atom. The molecule has 0 amide bonds. The predicted octanol–water partition coefficient (Wildman–Crippen LogP) is 2.87. The first-order valence-electron chi connectivity index (χ1n) is 11.3. The van der Waals surface area contributed by atoms with Crippen molar-refractivity contribution in [3.63, 3.8) is 0 Å². The van der Waals surface area contributed by atoms with Gasteiger partial charge in [0, 0.05) is 35.0 Å². The molecule has 1 atom stereocenters. The van der Waals surface area contributed by atoms with Crippen LogP contribution in [-0.4, -0.2) is 32.4 Å². The molecule has 0 spiro atoms. The first-order chi connectivity index (χ1) is 17.0. The minimum Gasteiger partial charge on any atom is -0.458 e. The van der Waals surface area contributed by atoms with Gasteiger partial charge >= 0.3 is 5.97 Å². The zero-order valence-corrected chi connectivity index (χ0v) is 18.7. The number of carbonyl (C=O) groups excluding carboxylic acids is 1. The smallest absolute Gasteiger partial charge is 0.343 e. The Morgan fingerprint density at radius 1 is 1.06 bits per heavy atom. The van der Waals surface area contributed by atoms with Gasteiger partial charge in [0.15, 0.2) is 17.1 Å². The molecule has 174 valence electrons. The van der Waals surface area contributed by atoms with Gasteiger partial charge in [0.25, 0.3) is 5.56 Å². The second-order valence-corrected chi connectivity index (χ2v) is 8.88. The van der Waals surface area contributed by atoms with E-state index in [1.54, 1.807) is 30.0 Å². The summed E-state index contributed by atoms with van der Waals surface area (Å²) in [5, 5.41) is 12.0. The molecule has 0 bridgehead atoms. The predicted molar refractivity (Wildman–Crippen MR) is 124 cm³/mol. The second kappa shape index (κ2) is 6.89. The van der Waals surface area contributed by atoms with Crippen molar-refractivity contribution in [3.05, 3.63) is 69.8 Å². The number of esters is 1. The van der Waals surface area contributed by atoms with E-state index in [2.05, 4.69) is 4.98 Å². The normalized spacial score (nSPS) is 19.3. The van der Waals surface area contributed by atoms with Crippen molar-refractivity contribution in [2.24, 2.45) is 0 Å². The van der Waals surface area contributed by atoms with E-state index in [1.165, 1.54) is 0 Å². The Morgan fingerprint density at radius 3 is 2.60 bits per heavy atom. The Bertz CT molecular complexity index is 1650. The molecule has 7 rings (SSSR count). The molecule has 3 aliphatic rings. The number of benzene rings is 1. The molecular formula is C26H19N3O6. The SMILES string of the molecule is CC[C@@]1(O)C(=O)OCc2c1cc1n(c2=O)Cc2c-1nc1cc3c(cc1c2-c1ccncc1)OCO3. The van der Waals surface area contributed by atoms with E-state index in [0.29, 0.717) is 46.1 Å². The molecule has 1 N–H and O–H groups in total. The Hall–Kier alpha value is -4.24. The van der Waals surface area contributed by atoms with Gasteiger partial charge in [-0.1, -0.05) is 6.92 Å². The second-order valence-electron chi connectivity index (χ2n) is 8.88. The van der Waals surface area contributed by atoms with Gasteiger partial charge in [0.05, 0.1) is 29.0 Å². The summed E-state index contributed by atoms with van der Waals surface area (Å²) in [6.07, 6.45) is 3.53. The van der Waals surface area contributed by atoms with Crippen molar-refractivity contribution in [3.8, 4) is 34.0 Å². The highest BCUT2D eigenvalue weighted by Gasteiger charge is 2.45. The summed E-state index contributed by atoms with van der Waals surface area (Å²) in [7, 11) is 0. The molecule has 9 nitrogen and oxygen atoms in total. The molecule has 0 aliphatic carbocycles. The molecule has 1 aromatic carbocycles. The van der Waals surface area contributed by atoms with Gasteiger partial charge in [-0.25, -0.2) is 9.78 Å². The van der Waals surface area contributed by atoms with Gasteiger partial charge in [-0.05, 0) is 41.8 Å². The molecule has 4 aromatic rings. The molecular weight excluding hydrogens is 450 g/mol. The molecule has 35 heavy (non-hydrogen) atoms. The zero-order chi connectivity index (χ0) is 23.9. The van der Waals surface area contributed by atoms with Crippen LogP contribution < -0.4 is 15.0 Å². The maximum atomic E-state index is 13.6. The van der Waals surface area contributed by atoms with Crippen molar-refractivity contribution in [1.82, 2.24) is 14.5 Å². The maximum Gasteiger partial charge on any atom is 0.343 e. The summed E-state index contributed by atoms with van der Waals surface area (Å²) < 4.78 is 18.0. The summed E-state index contributed by atoms with van der Waals surface area (Å²) in [6.45, 7) is 1.96. The van der Waals surface area contributed by atoms with E-state index in [1.807, 2.05) is 24.3 Å². The summed E-state index contributed by atoms with van der Waals surface area (Å²) in [4.78, 5) is 35.1. The van der Waals surface area contributed by atoms with Crippen LogP contribution in [0.15, 0.2) is 47.5 Å². The van der Waals surface area contributed by atoms with Crippen LogP contribution >= 0.6 is 0 Å². The fourth-order valence-corrected chi connectivity index (χ4v) is 5.32. The third kappa shape index (κ3) is 2.61. The lowest BCUT2D eigenvalue weighted by Gasteiger charge is -2.31. The van der Waals surface area contributed by atoms with E-state index in [-0.39, 0.29) is 25.4 Å². The molecule has 0 saturated carbocycles. The lowest BCUT2D eigenvalue weighted by molar-refractivity contribution is -0.172. The first-order valence-corrected chi connectivity index (χ1v) is 11.3. The van der Waals surface area contributed by atoms with Crippen LogP contribution in [0.2, 0.25) is 0 Å². The van der Waals surface area contributed by atoms with Crippen LogP contribution in [0, 0.1) is 0 Å². The highest BCUT2D eigenvalue weighted by atomic mass is 16.7. The zero-order valence-electron chi connectivity index (χ0n) is 18.7. The quantitative estimate of drug-likeness (QED) is 0.393. The monoisotopic (exact) mass is 469 g/mol. The van der Waals surface area contributed by atoms with Crippen molar-refractivity contribution >= 4 is 16.9 Å². The van der Waals surface area contributed by atoms with Crippen LogP contribution in [0.1, 0.15) is 30.0 Å². The van der Waals surface area contributed by atoms with E-state index < -0.39 is 11.6 Å². The van der Waals surface area contributed by atoms with Crippen molar-refractivity contribution < 1.29 is 24.1 Å². The van der Waals surface area contributed by atoms with E-state index in [9.17, 15) is 14.7 Å². The fraction of sp³-hybridized carbons (Fsp3) is 0.231. The van der Waals surface area contributed by atoms with Crippen LogP contribution in [0.3, 0.4) is 0 Å². The molecule has 3 aromatic heterocycles. The molecule has 0 radical (unpaired) electrons. The van der Waals surface area contributed by atoms with Crippen LogP contribution in [0.5, 0.6) is 11.5 Å². The third-order valence-electron chi connectivity index (χ3n) is 7.15. The highest BCUT2D eigenvalue weighted by molar-refractivity contribution is 6.01. The minimum absolute atomic E-state index is 0.0888. The fourth-order valence-electron chi connectivity index (χ4n) is 5.32. The lowest BCUT2D eigenvalue weighted by Crippen LogP contribution is -2.44. The largest absolute Gasteiger partial charge is 0.458 e. The van der Waals surface area contributed by atoms with Crippen molar-refractivity contribution in [2.45, 2.75) is 32.1 Å². The van der Waals surface area contributed by atoms with Gasteiger partial charge < -0.3 is 23.9 Å². The van der Waals surface area contributed by atoms with E-state index >= 15 is 0 Å². The van der Waals surface area contributed by atoms with E-state index in [4.69, 9.17) is 19.2 Å². The first kappa shape index (κ1) is 20.2. The van der Waals surface area contributed by atoms with E-state index in [0.717, 1.165) is 22.1 Å². The number of aliphatic hydroxyl groups is 1. The Balaban J connectivity index is 1.56. The topological polar surface area (TPSA) is 113 Å². The number of cyclic esters (lactones) is 1. The Labute approximate surface area is 198 Å². The number of rotatable bonds is 2. The molecule has 3 aliphatic heterocycles. The standard InChI is InChI=1S/C26H19N3O6/c1-2-26(32)17-8-19-23-15(10-29(19)24(30)16(17)11-33-25(26)31)22(13-3-5-27-6-4-13)14-7-20-21(35-12-34-20)9-18(14)28-23/h3-9,32H,2,10-12H2,1H3/t26-/m0/s1. The average Bonchev–Trinajstić information content (AvgIpc) is 3.48. The molecule has 9 heteroatoms. The summed E-state index contributed by atoms with van der Waals surface area (Å²) in [5.41, 5.74) is 3.00. The van der Waals surface area contributed by atoms with Crippen LogP contribution in [0.4, 0.5) is 0 Å². The maximum absolute atomic E-state index is 13.6. The van der Waals surface area contributed by atoms with Crippen LogP contribution in [0.25, 0.3) is 33.4 Å². The molecule has 0 saturated heterocycles. The number of aromatic nitrogens is 3. The number of ether oxygens (including phenoxy) is 3. The summed E-state index contributed by atoms with van der Waals surface area (Å²) >= 11 is 0. The van der Waals surface area contributed by atoms with Gasteiger partial charge in [0.1, 0.15) is 6.61 Å². The van der Waals surface area contributed by atoms with Crippen LogP contribution in [-0.2, 0) is 28.3 Å². The van der Waals surface area contributed by atoms with Crippen molar-refractivity contribution in [1.29, 1.82) is 0 Å². The minimum atomic E-state index is -1.87. The number of nitrogens with zero attached hydrogens (tertiary/aromatic N) is 3. The van der Waals surface area contributed by atoms with Gasteiger partial charge in [-0.3, -0.25) is 9.78 Å². The summed E-state index contributed by atoms with van der Waals surface area (Å²) in [6, 6.07) is 9.30. The highest BCUT2D eigenvalue weighted by Crippen LogP contribution is 2.46. The van der Waals surface area contributed by atoms with Gasteiger partial charge in [-0.2, -0.15) is 0 Å².